The Morgan fingerprint density at radius 1 is 0.899 bits per heavy atom. The number of benzene rings is 4. The zero-order valence-corrected chi connectivity index (χ0v) is 50.0. The van der Waals surface area contributed by atoms with E-state index >= 15 is 0 Å². The number of ketones is 1. The molecule has 6 aromatic rings. The first-order valence-electron chi connectivity index (χ1n) is 28.5. The maximum atomic E-state index is 14.5. The number of aromatic nitrogens is 2. The number of Topliss-reactive ketones (excluding diaryl/α,β-unsaturated/α-hetero) is 1. The number of alkyl carbamates (subject to hydrolysis) is 1. The van der Waals surface area contributed by atoms with Crippen LogP contribution in [0.15, 0.2) is 103 Å². The second-order valence-corrected chi connectivity index (χ2v) is 21.9. The number of nitrogens with zero attached hydrogens (tertiary/aromatic N) is 5. The van der Waals surface area contributed by atoms with E-state index in [0.29, 0.717) is 38.8 Å². The molecule has 2 aliphatic rings. The SMILES string of the molecule is Cc1cccc2c(OC(=O)N(CCO)CCN(C)C(=O)OCc3ccc(NC(=O)[C@H](CCCNC(N)=O)CC(=O)[C@@H](NC(=O)OCCN4C(=O)C=CC4=O)C(C)C)cc3)cc3c(c12)[C@H](CCl)CN3C(=O)c1cc2cc(NC(=O)c3ccc(O)cc3)ncc2[nH]1. The molecular weight excluding hydrogens is 1170 g/mol. The number of likely N-dealkylation sites (N-methyl/N-ethyl adjacent to an activating group) is 1. The maximum Gasteiger partial charge on any atom is 0.415 e. The average Bonchev–Trinajstić information content (AvgIpc) is 1.97. The molecule has 0 radical (unpaired) electrons. The van der Waals surface area contributed by atoms with Crippen LogP contribution in [0.4, 0.5) is 36.4 Å². The van der Waals surface area contributed by atoms with E-state index < -0.39 is 84.1 Å². The molecule has 0 saturated heterocycles. The normalized spacial score (nSPS) is 14.1. The number of aryl methyl sites for hydroxylation is 1. The first-order valence-corrected chi connectivity index (χ1v) is 29.1. The van der Waals surface area contributed by atoms with Crippen molar-refractivity contribution < 1.29 is 72.4 Å². The Balaban J connectivity index is 0.865. The van der Waals surface area contributed by atoms with Crippen LogP contribution in [0.3, 0.4) is 0 Å². The zero-order valence-electron chi connectivity index (χ0n) is 49.2. The van der Waals surface area contributed by atoms with Gasteiger partial charge in [0.05, 0.1) is 36.6 Å². The molecular formula is C62H68ClN11O15. The highest BCUT2D eigenvalue weighted by Gasteiger charge is 2.37. The summed E-state index contributed by atoms with van der Waals surface area (Å²) in [5, 5.41) is 32.1. The van der Waals surface area contributed by atoms with E-state index in [1.165, 1.54) is 47.3 Å². The highest BCUT2D eigenvalue weighted by molar-refractivity contribution is 6.20. The van der Waals surface area contributed by atoms with Crippen molar-refractivity contribution in [1.82, 2.24) is 35.3 Å². The van der Waals surface area contributed by atoms with Gasteiger partial charge in [0.15, 0.2) is 5.78 Å². The Kier molecular flexibility index (Phi) is 21.5. The number of aliphatic hydroxyl groups is 1. The number of imide groups is 1. The molecule has 0 unspecified atom stereocenters. The van der Waals surface area contributed by atoms with Crippen molar-refractivity contribution in [2.24, 2.45) is 17.6 Å². The number of aromatic amines is 1. The highest BCUT2D eigenvalue weighted by Crippen LogP contribution is 2.47. The first-order chi connectivity index (χ1) is 42.6. The van der Waals surface area contributed by atoms with Crippen molar-refractivity contribution in [3.8, 4) is 11.5 Å². The number of pyridine rings is 1. The molecule has 10 amide bonds. The standard InChI is InChI=1S/C62H68ClN11O15/c1-35(2)55(70-60(84)87-26-24-73-51(78)18-19-52(73)79)48(77)28-39(8-6-20-65-59(64)83)57(81)67-42-14-10-37(11-15-42)34-88-61(85)71(4)21-22-72(23-25-75)62(86)89-49-30-47-54(53-36(3)7-5-9-44(49)53)41(31-63)33-74(47)58(82)45-27-40-29-50(66-32-46(40)68-45)69-56(80)38-12-16-43(76)17-13-38/h5,7,9-19,27,29-30,32,35,39,41,55,68,75-76H,6,8,20-26,28,31,33-34H2,1-4H3,(H,67,81)(H,70,84)(H3,64,65,83)(H,66,69,80)/t39-,41-,55+/m1/s1. The number of urea groups is 1. The summed E-state index contributed by atoms with van der Waals surface area (Å²) in [4.78, 5) is 142. The third-order valence-corrected chi connectivity index (χ3v) is 15.4. The number of ether oxygens (including phenoxy) is 3. The molecule has 2 aliphatic heterocycles. The van der Waals surface area contributed by atoms with E-state index in [-0.39, 0.29) is 107 Å². The van der Waals surface area contributed by atoms with Gasteiger partial charge in [-0.25, -0.2) is 24.2 Å². The Morgan fingerprint density at radius 3 is 2.31 bits per heavy atom. The van der Waals surface area contributed by atoms with Gasteiger partial charge in [0.2, 0.25) is 5.91 Å². The van der Waals surface area contributed by atoms with E-state index in [1.54, 1.807) is 67.3 Å². The molecule has 0 aliphatic carbocycles. The van der Waals surface area contributed by atoms with Crippen LogP contribution in [-0.2, 0) is 35.3 Å². The van der Waals surface area contributed by atoms with Crippen molar-refractivity contribution in [3.63, 3.8) is 0 Å². The number of phenols is 1. The number of rotatable bonds is 26. The summed E-state index contributed by atoms with van der Waals surface area (Å²) in [6.07, 6.45) is 1.28. The number of carbonyl (C=O) groups is 10. The van der Waals surface area contributed by atoms with E-state index in [4.69, 9.17) is 31.5 Å². The number of aliphatic hydroxyl groups excluding tert-OH is 1. The van der Waals surface area contributed by atoms with Gasteiger partial charge < -0.3 is 71.1 Å². The second-order valence-electron chi connectivity index (χ2n) is 21.6. The van der Waals surface area contributed by atoms with Crippen LogP contribution < -0.4 is 36.6 Å². The van der Waals surface area contributed by atoms with Crippen LogP contribution in [0.2, 0.25) is 0 Å². The first kappa shape index (κ1) is 64.9. The van der Waals surface area contributed by atoms with Gasteiger partial charge in [0, 0.05) is 104 Å². The Bertz CT molecular complexity index is 3690. The highest BCUT2D eigenvalue weighted by atomic mass is 35.5. The molecule has 3 atom stereocenters. The van der Waals surface area contributed by atoms with Crippen LogP contribution in [0.1, 0.15) is 76.6 Å². The quantitative estimate of drug-likeness (QED) is 0.0160. The number of fused-ring (bicyclic) bond motifs is 4. The molecule has 0 bridgehead atoms. The lowest BCUT2D eigenvalue weighted by Gasteiger charge is -2.25. The fourth-order valence-electron chi connectivity index (χ4n) is 10.3. The number of primary amides is 1. The zero-order chi connectivity index (χ0) is 64.1. The average molecular weight is 1240 g/mol. The number of aromatic hydroxyl groups is 1. The number of halogens is 1. The molecule has 4 aromatic carbocycles. The van der Waals surface area contributed by atoms with E-state index in [0.717, 1.165) is 33.6 Å². The number of nitrogens with one attached hydrogen (secondary N) is 5. The molecule has 26 nitrogen and oxygen atoms in total. The van der Waals surface area contributed by atoms with Gasteiger partial charge in [-0.3, -0.25) is 33.7 Å². The van der Waals surface area contributed by atoms with Crippen LogP contribution >= 0.6 is 11.6 Å². The van der Waals surface area contributed by atoms with Crippen LogP contribution in [0, 0.1) is 18.8 Å². The lowest BCUT2D eigenvalue weighted by Crippen LogP contribution is -2.46. The van der Waals surface area contributed by atoms with Gasteiger partial charge in [0.1, 0.15) is 36.2 Å². The monoisotopic (exact) mass is 1240 g/mol. The van der Waals surface area contributed by atoms with Crippen molar-refractivity contribution in [2.45, 2.75) is 58.6 Å². The number of hydrogen-bond donors (Lipinski definition) is 8. The number of phenolic OH excluding ortho intramolecular Hbond substituents is 1. The topological polar surface area (TPSA) is 355 Å². The van der Waals surface area contributed by atoms with Gasteiger partial charge >= 0.3 is 24.3 Å². The second kappa shape index (κ2) is 29.5. The Labute approximate surface area is 515 Å². The largest absolute Gasteiger partial charge is 0.508 e. The predicted octanol–water partition coefficient (Wildman–Crippen LogP) is 6.67. The summed E-state index contributed by atoms with van der Waals surface area (Å²) in [7, 11) is 1.47. The number of alkyl halides is 1. The summed E-state index contributed by atoms with van der Waals surface area (Å²) < 4.78 is 16.8. The van der Waals surface area contributed by atoms with Crippen LogP contribution in [-0.4, -0.2) is 166 Å². The summed E-state index contributed by atoms with van der Waals surface area (Å²) in [6, 6.07) is 20.7. The lowest BCUT2D eigenvalue weighted by atomic mass is 9.89. The third kappa shape index (κ3) is 16.3. The van der Waals surface area contributed by atoms with E-state index in [1.807, 2.05) is 19.1 Å². The lowest BCUT2D eigenvalue weighted by molar-refractivity contribution is -0.137. The molecule has 9 N–H and O–H groups in total. The van der Waals surface area contributed by atoms with Crippen molar-refractivity contribution in [2.75, 3.05) is 80.9 Å². The summed E-state index contributed by atoms with van der Waals surface area (Å²) in [6.45, 7) is 4.22. The van der Waals surface area contributed by atoms with Crippen molar-refractivity contribution in [3.05, 3.63) is 131 Å². The molecule has 27 heteroatoms. The summed E-state index contributed by atoms with van der Waals surface area (Å²) in [5.74, 6) is -4.03. The number of hydrogen-bond acceptors (Lipinski definition) is 16. The summed E-state index contributed by atoms with van der Waals surface area (Å²) >= 11 is 6.61. The number of amides is 10. The smallest absolute Gasteiger partial charge is 0.415 e. The molecule has 468 valence electrons. The summed E-state index contributed by atoms with van der Waals surface area (Å²) in [5.41, 5.74) is 9.27. The minimum absolute atomic E-state index is 0.0146. The molecule has 89 heavy (non-hydrogen) atoms. The molecule has 8 rings (SSSR count). The fourth-order valence-corrected chi connectivity index (χ4v) is 10.5. The Hall–Kier alpha value is -10.1. The molecule has 2 aromatic heterocycles. The van der Waals surface area contributed by atoms with Gasteiger partial charge in [-0.05, 0) is 96.3 Å². The number of H-pyrrole nitrogens is 1. The molecule has 0 saturated carbocycles. The van der Waals surface area contributed by atoms with E-state index in [9.17, 15) is 58.2 Å². The number of nitrogens with two attached hydrogens (primary N) is 1. The van der Waals surface area contributed by atoms with Gasteiger partial charge in [-0.2, -0.15) is 0 Å². The Morgan fingerprint density at radius 2 is 1.63 bits per heavy atom. The minimum atomic E-state index is -1.07. The van der Waals surface area contributed by atoms with Crippen molar-refractivity contribution in [1.29, 1.82) is 0 Å². The maximum absolute atomic E-state index is 14.5. The number of anilines is 3. The van der Waals surface area contributed by atoms with Gasteiger partial charge in [-0.15, -0.1) is 11.6 Å². The van der Waals surface area contributed by atoms with Gasteiger partial charge in [-0.1, -0.05) is 44.2 Å². The van der Waals surface area contributed by atoms with Crippen LogP contribution in [0.5, 0.6) is 11.5 Å². The molecule has 0 spiro atoms. The predicted molar refractivity (Wildman–Crippen MR) is 327 cm³/mol. The number of carbonyl (C=O) groups excluding carboxylic acids is 10. The van der Waals surface area contributed by atoms with Crippen LogP contribution in [0.25, 0.3) is 21.7 Å². The molecule has 4 heterocycles. The van der Waals surface area contributed by atoms with Crippen molar-refractivity contribution >= 4 is 110 Å². The third-order valence-electron chi connectivity index (χ3n) is 15.0. The van der Waals surface area contributed by atoms with E-state index in [2.05, 4.69) is 31.2 Å². The molecule has 0 fully saturated rings. The van der Waals surface area contributed by atoms with Gasteiger partial charge in [0.25, 0.3) is 23.6 Å². The fraction of sp³-hybridized carbons (Fsp3) is 0.339. The minimum Gasteiger partial charge on any atom is -0.508 e.